The first-order valence-electron chi connectivity index (χ1n) is 9.98. The van der Waals surface area contributed by atoms with Crippen molar-refractivity contribution in [2.45, 2.75) is 25.8 Å². The molecule has 0 aromatic heterocycles. The number of carbonyl (C=O) groups excluding carboxylic acids is 1. The Labute approximate surface area is 172 Å². The van der Waals surface area contributed by atoms with Crippen LogP contribution in [0.25, 0.3) is 6.08 Å². The van der Waals surface area contributed by atoms with E-state index in [4.69, 9.17) is 14.2 Å². The van der Waals surface area contributed by atoms with E-state index in [1.807, 2.05) is 36.4 Å². The quantitative estimate of drug-likeness (QED) is 0.483. The summed E-state index contributed by atoms with van der Waals surface area (Å²) in [6.07, 6.45) is 7.14. The van der Waals surface area contributed by atoms with Gasteiger partial charge < -0.3 is 14.2 Å². The third-order valence-electron chi connectivity index (χ3n) is 5.24. The Hall–Kier alpha value is -2.79. The molecular weight excluding hydrogens is 366 g/mol. The minimum Gasteiger partial charge on any atom is -0.496 e. The fraction of sp³-hybridized carbons (Fsp3) is 0.375. The maximum atomic E-state index is 12.7. The Kier molecular flexibility index (Phi) is 7.30. The van der Waals surface area contributed by atoms with Crippen LogP contribution in [0, 0.1) is 0 Å². The zero-order valence-corrected chi connectivity index (χ0v) is 17.4. The van der Waals surface area contributed by atoms with Crippen LogP contribution in [0.2, 0.25) is 0 Å². The topological polar surface area (TPSA) is 48.0 Å². The van der Waals surface area contributed by atoms with Gasteiger partial charge in [0.05, 0.1) is 21.3 Å². The van der Waals surface area contributed by atoms with Crippen molar-refractivity contribution in [2.75, 3.05) is 34.4 Å². The van der Waals surface area contributed by atoms with Gasteiger partial charge in [0.25, 0.3) is 0 Å². The summed E-state index contributed by atoms with van der Waals surface area (Å²) in [5, 5.41) is 0. The number of ether oxygens (including phenoxy) is 3. The Balaban J connectivity index is 1.76. The predicted molar refractivity (Wildman–Crippen MR) is 115 cm³/mol. The van der Waals surface area contributed by atoms with Crippen LogP contribution in [-0.2, 0) is 6.54 Å². The second-order valence-electron chi connectivity index (χ2n) is 7.18. The van der Waals surface area contributed by atoms with Gasteiger partial charge in [0.2, 0.25) is 0 Å². The molecule has 3 rings (SSSR count). The normalized spacial score (nSPS) is 14.7. The van der Waals surface area contributed by atoms with E-state index >= 15 is 0 Å². The molecule has 154 valence electrons. The Bertz CT molecular complexity index is 869. The molecule has 1 saturated heterocycles. The number of benzene rings is 2. The molecule has 5 heteroatoms. The zero-order chi connectivity index (χ0) is 20.6. The monoisotopic (exact) mass is 395 g/mol. The zero-order valence-electron chi connectivity index (χ0n) is 17.4. The lowest BCUT2D eigenvalue weighted by Crippen LogP contribution is -2.29. The summed E-state index contributed by atoms with van der Waals surface area (Å²) < 4.78 is 16.1. The average Bonchev–Trinajstić information content (AvgIpc) is 2.77. The van der Waals surface area contributed by atoms with Gasteiger partial charge in [0.15, 0.2) is 17.3 Å². The number of nitrogens with zero attached hydrogens (tertiary/aromatic N) is 1. The largest absolute Gasteiger partial charge is 0.496 e. The smallest absolute Gasteiger partial charge is 0.185 e. The second kappa shape index (κ2) is 10.1. The molecule has 0 N–H and O–H groups in total. The summed E-state index contributed by atoms with van der Waals surface area (Å²) >= 11 is 0. The fourth-order valence-corrected chi connectivity index (χ4v) is 3.64. The molecule has 1 fully saturated rings. The van der Waals surface area contributed by atoms with Gasteiger partial charge in [-0.3, -0.25) is 9.69 Å². The molecule has 2 aromatic rings. The van der Waals surface area contributed by atoms with Crippen LogP contribution in [-0.4, -0.2) is 45.1 Å². The maximum absolute atomic E-state index is 12.7. The third kappa shape index (κ3) is 5.39. The summed E-state index contributed by atoms with van der Waals surface area (Å²) in [5.74, 6) is 2.09. The second-order valence-corrected chi connectivity index (χ2v) is 7.18. The van der Waals surface area contributed by atoms with Crippen LogP contribution in [0.4, 0.5) is 0 Å². The van der Waals surface area contributed by atoms with Crippen molar-refractivity contribution in [1.29, 1.82) is 0 Å². The van der Waals surface area contributed by atoms with Crippen LogP contribution < -0.4 is 14.2 Å². The average molecular weight is 395 g/mol. The summed E-state index contributed by atoms with van der Waals surface area (Å²) in [6.45, 7) is 3.00. The maximum Gasteiger partial charge on any atom is 0.185 e. The van der Waals surface area contributed by atoms with Crippen molar-refractivity contribution in [3.8, 4) is 17.2 Å². The highest BCUT2D eigenvalue weighted by molar-refractivity contribution is 6.07. The highest BCUT2D eigenvalue weighted by Gasteiger charge is 2.15. The van der Waals surface area contributed by atoms with Gasteiger partial charge in [-0.05, 0) is 67.9 Å². The molecule has 2 aromatic carbocycles. The summed E-state index contributed by atoms with van der Waals surface area (Å²) in [5.41, 5.74) is 2.59. The van der Waals surface area contributed by atoms with Crippen LogP contribution in [0.15, 0.2) is 42.5 Å². The lowest BCUT2D eigenvalue weighted by molar-refractivity contribution is 0.104. The summed E-state index contributed by atoms with van der Waals surface area (Å²) in [6, 6.07) is 11.2. The van der Waals surface area contributed by atoms with Gasteiger partial charge in [0.1, 0.15) is 5.75 Å². The molecule has 29 heavy (non-hydrogen) atoms. The molecule has 1 aliphatic heterocycles. The van der Waals surface area contributed by atoms with E-state index < -0.39 is 0 Å². The number of allylic oxidation sites excluding steroid dienone is 1. The molecule has 0 atom stereocenters. The van der Waals surface area contributed by atoms with E-state index in [1.165, 1.54) is 19.3 Å². The standard InChI is InChI=1S/C24H29NO4/c1-27-22-12-9-19(16-20(22)17-25-13-5-4-6-14-25)21(26)10-7-18-8-11-23(28-2)24(15-18)29-3/h7-12,15-16H,4-6,13-14,17H2,1-3H3. The minimum absolute atomic E-state index is 0.0395. The number of piperidine rings is 1. The van der Waals surface area contributed by atoms with Gasteiger partial charge >= 0.3 is 0 Å². The molecule has 0 unspecified atom stereocenters. The molecule has 0 amide bonds. The number of carbonyl (C=O) groups is 1. The van der Waals surface area contributed by atoms with Crippen molar-refractivity contribution in [2.24, 2.45) is 0 Å². The number of hydrogen-bond acceptors (Lipinski definition) is 5. The van der Waals surface area contributed by atoms with Crippen molar-refractivity contribution < 1.29 is 19.0 Å². The molecule has 0 spiro atoms. The fourth-order valence-electron chi connectivity index (χ4n) is 3.64. The van der Waals surface area contributed by atoms with Crippen molar-refractivity contribution >= 4 is 11.9 Å². The van der Waals surface area contributed by atoms with E-state index in [1.54, 1.807) is 33.5 Å². The van der Waals surface area contributed by atoms with E-state index in [0.717, 1.165) is 36.5 Å². The lowest BCUT2D eigenvalue weighted by Gasteiger charge is -2.27. The highest BCUT2D eigenvalue weighted by atomic mass is 16.5. The molecule has 5 nitrogen and oxygen atoms in total. The number of hydrogen-bond donors (Lipinski definition) is 0. The summed E-state index contributed by atoms with van der Waals surface area (Å²) in [4.78, 5) is 15.2. The van der Waals surface area contributed by atoms with E-state index in [0.29, 0.717) is 17.1 Å². The van der Waals surface area contributed by atoms with E-state index in [2.05, 4.69) is 4.90 Å². The molecule has 1 heterocycles. The molecule has 0 saturated carbocycles. The number of rotatable bonds is 8. The van der Waals surface area contributed by atoms with Crippen LogP contribution in [0.3, 0.4) is 0 Å². The van der Waals surface area contributed by atoms with Crippen molar-refractivity contribution in [3.05, 3.63) is 59.2 Å². The molecular formula is C24H29NO4. The first kappa shape index (κ1) is 20.9. The minimum atomic E-state index is -0.0395. The number of ketones is 1. The third-order valence-corrected chi connectivity index (χ3v) is 5.24. The lowest BCUT2D eigenvalue weighted by atomic mass is 10.0. The molecule has 0 bridgehead atoms. The first-order chi connectivity index (χ1) is 14.1. The van der Waals surface area contributed by atoms with Crippen LogP contribution in [0.5, 0.6) is 17.2 Å². The molecule has 0 aliphatic carbocycles. The van der Waals surface area contributed by atoms with Gasteiger partial charge in [-0.1, -0.05) is 18.6 Å². The van der Waals surface area contributed by atoms with Crippen molar-refractivity contribution in [1.82, 2.24) is 4.90 Å². The van der Waals surface area contributed by atoms with E-state index in [-0.39, 0.29) is 5.78 Å². The predicted octanol–water partition coefficient (Wildman–Crippen LogP) is 4.59. The van der Waals surface area contributed by atoms with Crippen LogP contribution >= 0.6 is 0 Å². The number of likely N-dealkylation sites (tertiary alicyclic amines) is 1. The van der Waals surface area contributed by atoms with Gasteiger partial charge in [-0.15, -0.1) is 0 Å². The van der Waals surface area contributed by atoms with E-state index in [9.17, 15) is 4.79 Å². The van der Waals surface area contributed by atoms with Gasteiger partial charge in [-0.2, -0.15) is 0 Å². The highest BCUT2D eigenvalue weighted by Crippen LogP contribution is 2.28. The Morgan fingerprint density at radius 1 is 0.897 bits per heavy atom. The van der Waals surface area contributed by atoms with Crippen molar-refractivity contribution in [3.63, 3.8) is 0 Å². The Morgan fingerprint density at radius 3 is 2.28 bits per heavy atom. The van der Waals surface area contributed by atoms with Gasteiger partial charge in [-0.25, -0.2) is 0 Å². The Morgan fingerprint density at radius 2 is 1.59 bits per heavy atom. The van der Waals surface area contributed by atoms with Gasteiger partial charge in [0, 0.05) is 17.7 Å². The molecule has 1 aliphatic rings. The van der Waals surface area contributed by atoms with Crippen LogP contribution in [0.1, 0.15) is 40.7 Å². The SMILES string of the molecule is COc1ccc(C(=O)C=Cc2ccc(OC)c(OC)c2)cc1CN1CCCCC1. The summed E-state index contributed by atoms with van der Waals surface area (Å²) in [7, 11) is 4.87. The molecule has 0 radical (unpaired) electrons. The first-order valence-corrected chi connectivity index (χ1v) is 9.98. The number of methoxy groups -OCH3 is 3.